The first-order valence-electron chi connectivity index (χ1n) is 6.36. The van der Waals surface area contributed by atoms with Gasteiger partial charge in [0.1, 0.15) is 0 Å². The Morgan fingerprint density at radius 3 is 1.90 bits per heavy atom. The SMILES string of the molecule is C#CC(CC(=O)c1ccccc1)C(=O)c1ccccc1. The lowest BCUT2D eigenvalue weighted by atomic mass is 9.91. The van der Waals surface area contributed by atoms with Crippen molar-refractivity contribution >= 4 is 11.6 Å². The fraction of sp³-hybridized carbons (Fsp3) is 0.111. The average molecular weight is 262 g/mol. The lowest BCUT2D eigenvalue weighted by Gasteiger charge is -2.09. The molecule has 1 unspecified atom stereocenters. The Kier molecular flexibility index (Phi) is 4.47. The van der Waals surface area contributed by atoms with Crippen LogP contribution in [-0.2, 0) is 0 Å². The number of rotatable bonds is 5. The molecule has 2 aromatic carbocycles. The van der Waals surface area contributed by atoms with Gasteiger partial charge in [0.2, 0.25) is 0 Å². The number of carbonyl (C=O) groups is 2. The predicted octanol–water partition coefficient (Wildman–Crippen LogP) is 3.39. The van der Waals surface area contributed by atoms with Crippen molar-refractivity contribution in [1.82, 2.24) is 0 Å². The van der Waals surface area contributed by atoms with Gasteiger partial charge >= 0.3 is 0 Å². The van der Waals surface area contributed by atoms with Gasteiger partial charge in [-0.15, -0.1) is 6.42 Å². The Labute approximate surface area is 118 Å². The highest BCUT2D eigenvalue weighted by atomic mass is 16.1. The van der Waals surface area contributed by atoms with Gasteiger partial charge in [-0.05, 0) is 0 Å². The molecule has 0 aromatic heterocycles. The van der Waals surface area contributed by atoms with Crippen molar-refractivity contribution < 1.29 is 9.59 Å². The molecule has 0 N–H and O–H groups in total. The third kappa shape index (κ3) is 3.21. The van der Waals surface area contributed by atoms with Crippen molar-refractivity contribution in [2.24, 2.45) is 5.92 Å². The first-order valence-corrected chi connectivity index (χ1v) is 6.36. The number of benzene rings is 2. The van der Waals surface area contributed by atoms with Crippen LogP contribution in [0.15, 0.2) is 60.7 Å². The summed E-state index contributed by atoms with van der Waals surface area (Å²) in [7, 11) is 0. The topological polar surface area (TPSA) is 34.1 Å². The highest BCUT2D eigenvalue weighted by molar-refractivity contribution is 6.04. The van der Waals surface area contributed by atoms with Gasteiger partial charge in [-0.3, -0.25) is 9.59 Å². The van der Waals surface area contributed by atoms with Crippen LogP contribution in [0.1, 0.15) is 27.1 Å². The van der Waals surface area contributed by atoms with Crippen LogP contribution in [0.5, 0.6) is 0 Å². The highest BCUT2D eigenvalue weighted by Gasteiger charge is 2.21. The molecule has 2 nitrogen and oxygen atoms in total. The summed E-state index contributed by atoms with van der Waals surface area (Å²) in [5.41, 5.74) is 1.12. The molecule has 0 fully saturated rings. The summed E-state index contributed by atoms with van der Waals surface area (Å²) in [6.07, 6.45) is 5.45. The van der Waals surface area contributed by atoms with Crippen molar-refractivity contribution in [3.63, 3.8) is 0 Å². The first-order chi connectivity index (χ1) is 9.72. The molecule has 0 aliphatic carbocycles. The van der Waals surface area contributed by atoms with Gasteiger partial charge in [-0.25, -0.2) is 0 Å². The van der Waals surface area contributed by atoms with Gasteiger partial charge in [0.05, 0.1) is 5.92 Å². The number of terminal acetylenes is 1. The van der Waals surface area contributed by atoms with Crippen LogP contribution in [0.2, 0.25) is 0 Å². The van der Waals surface area contributed by atoms with Crippen molar-refractivity contribution in [2.45, 2.75) is 6.42 Å². The number of Topliss-reactive ketones (excluding diaryl/α,β-unsaturated/α-hetero) is 2. The molecule has 0 saturated heterocycles. The van der Waals surface area contributed by atoms with Gasteiger partial charge < -0.3 is 0 Å². The van der Waals surface area contributed by atoms with Crippen molar-refractivity contribution in [1.29, 1.82) is 0 Å². The minimum Gasteiger partial charge on any atom is -0.294 e. The maximum Gasteiger partial charge on any atom is 0.178 e. The van der Waals surface area contributed by atoms with Gasteiger partial charge in [0, 0.05) is 17.5 Å². The van der Waals surface area contributed by atoms with E-state index in [4.69, 9.17) is 6.42 Å². The lowest BCUT2D eigenvalue weighted by molar-refractivity contribution is 0.0883. The van der Waals surface area contributed by atoms with Crippen LogP contribution in [0.3, 0.4) is 0 Å². The third-order valence-electron chi connectivity index (χ3n) is 3.06. The average Bonchev–Trinajstić information content (AvgIpc) is 2.53. The standard InChI is InChI=1S/C18H14O2/c1-2-14(18(20)16-11-7-4-8-12-16)13-17(19)15-9-5-3-6-10-15/h1,3-12,14H,13H2. The van der Waals surface area contributed by atoms with E-state index in [2.05, 4.69) is 5.92 Å². The molecule has 0 saturated carbocycles. The summed E-state index contributed by atoms with van der Waals surface area (Å²) in [6.45, 7) is 0. The second-order valence-corrected chi connectivity index (χ2v) is 4.44. The molecule has 1 atom stereocenters. The van der Waals surface area contributed by atoms with Crippen LogP contribution >= 0.6 is 0 Å². The zero-order valence-corrected chi connectivity index (χ0v) is 11.0. The third-order valence-corrected chi connectivity index (χ3v) is 3.06. The summed E-state index contributed by atoms with van der Waals surface area (Å²) in [6, 6.07) is 17.7. The van der Waals surface area contributed by atoms with E-state index in [9.17, 15) is 9.59 Å². The molecular formula is C18H14O2. The predicted molar refractivity (Wildman–Crippen MR) is 78.5 cm³/mol. The fourth-order valence-corrected chi connectivity index (χ4v) is 1.96. The summed E-state index contributed by atoms with van der Waals surface area (Å²) in [5, 5.41) is 0. The Hall–Kier alpha value is -2.66. The van der Waals surface area contributed by atoms with Crippen LogP contribution < -0.4 is 0 Å². The quantitative estimate of drug-likeness (QED) is 0.611. The second kappa shape index (κ2) is 6.49. The molecule has 0 amide bonds. The number of hydrogen-bond acceptors (Lipinski definition) is 2. The minimum atomic E-state index is -0.717. The fourth-order valence-electron chi connectivity index (χ4n) is 1.96. The summed E-state index contributed by atoms with van der Waals surface area (Å²) >= 11 is 0. The van der Waals surface area contributed by atoms with Crippen molar-refractivity contribution in [3.05, 3.63) is 71.8 Å². The molecule has 20 heavy (non-hydrogen) atoms. The number of carbonyl (C=O) groups excluding carboxylic acids is 2. The normalized spacial score (nSPS) is 11.3. The van der Waals surface area contributed by atoms with E-state index >= 15 is 0 Å². The van der Waals surface area contributed by atoms with Crippen LogP contribution in [0.4, 0.5) is 0 Å². The molecule has 0 spiro atoms. The van der Waals surface area contributed by atoms with E-state index < -0.39 is 5.92 Å². The van der Waals surface area contributed by atoms with Crippen LogP contribution in [0, 0.1) is 18.3 Å². The van der Waals surface area contributed by atoms with E-state index in [-0.39, 0.29) is 18.0 Å². The molecule has 0 radical (unpaired) electrons. The Bertz CT molecular complexity index is 636. The Morgan fingerprint density at radius 2 is 1.40 bits per heavy atom. The molecular weight excluding hydrogens is 248 g/mol. The summed E-state index contributed by atoms with van der Waals surface area (Å²) < 4.78 is 0. The van der Waals surface area contributed by atoms with E-state index in [1.54, 1.807) is 48.5 Å². The van der Waals surface area contributed by atoms with Gasteiger partial charge in [-0.1, -0.05) is 66.6 Å². The van der Waals surface area contributed by atoms with Crippen LogP contribution in [0.25, 0.3) is 0 Å². The van der Waals surface area contributed by atoms with E-state index in [1.807, 2.05) is 12.1 Å². The van der Waals surface area contributed by atoms with E-state index in [0.717, 1.165) is 0 Å². The molecule has 0 aliphatic rings. The first kappa shape index (κ1) is 13.8. The molecule has 2 rings (SSSR count). The van der Waals surface area contributed by atoms with Gasteiger partial charge in [0.15, 0.2) is 11.6 Å². The Morgan fingerprint density at radius 1 is 0.900 bits per heavy atom. The van der Waals surface area contributed by atoms with Crippen molar-refractivity contribution in [3.8, 4) is 12.3 Å². The smallest absolute Gasteiger partial charge is 0.178 e. The highest BCUT2D eigenvalue weighted by Crippen LogP contribution is 2.15. The number of hydrogen-bond donors (Lipinski definition) is 0. The Balaban J connectivity index is 2.13. The maximum absolute atomic E-state index is 12.2. The second-order valence-electron chi connectivity index (χ2n) is 4.44. The molecule has 98 valence electrons. The molecule has 2 heteroatoms. The minimum absolute atomic E-state index is 0.0360. The summed E-state index contributed by atoms with van der Waals surface area (Å²) in [4.78, 5) is 24.3. The molecule has 2 aromatic rings. The van der Waals surface area contributed by atoms with E-state index in [1.165, 1.54) is 0 Å². The zero-order valence-electron chi connectivity index (χ0n) is 11.0. The number of ketones is 2. The molecule has 0 heterocycles. The van der Waals surface area contributed by atoms with Crippen LogP contribution in [-0.4, -0.2) is 11.6 Å². The molecule has 0 aliphatic heterocycles. The maximum atomic E-state index is 12.2. The van der Waals surface area contributed by atoms with Gasteiger partial charge in [-0.2, -0.15) is 0 Å². The van der Waals surface area contributed by atoms with Crippen molar-refractivity contribution in [2.75, 3.05) is 0 Å². The lowest BCUT2D eigenvalue weighted by Crippen LogP contribution is -2.17. The van der Waals surface area contributed by atoms with Gasteiger partial charge in [0.25, 0.3) is 0 Å². The summed E-state index contributed by atoms with van der Waals surface area (Å²) in [5.74, 6) is 1.42. The largest absolute Gasteiger partial charge is 0.294 e. The monoisotopic (exact) mass is 262 g/mol. The molecule has 0 bridgehead atoms. The zero-order chi connectivity index (χ0) is 14.4. The van der Waals surface area contributed by atoms with E-state index in [0.29, 0.717) is 11.1 Å².